The second-order valence-electron chi connectivity index (χ2n) is 7.02. The van der Waals surface area contributed by atoms with E-state index in [1.807, 2.05) is 29.2 Å². The molecule has 6 heteroatoms. The molecular formula is C20H23N2O3S-. The van der Waals surface area contributed by atoms with Crippen molar-refractivity contribution in [3.63, 3.8) is 0 Å². The van der Waals surface area contributed by atoms with Crippen LogP contribution in [0.15, 0.2) is 48.5 Å². The van der Waals surface area contributed by atoms with E-state index in [9.17, 15) is 13.9 Å². The molecule has 0 aliphatic carbocycles. The van der Waals surface area contributed by atoms with Crippen LogP contribution in [0.2, 0.25) is 0 Å². The van der Waals surface area contributed by atoms with Crippen molar-refractivity contribution < 1.29 is 13.9 Å². The van der Waals surface area contributed by atoms with Gasteiger partial charge in [-0.15, -0.1) is 0 Å². The monoisotopic (exact) mass is 371 g/mol. The number of para-hydroxylation sites is 2. The van der Waals surface area contributed by atoms with Crippen molar-refractivity contribution >= 4 is 32.9 Å². The molecule has 2 aromatic carbocycles. The number of nitrogens with zero attached hydrogens (tertiary/aromatic N) is 2. The third kappa shape index (κ3) is 3.30. The molecule has 1 N–H and O–H groups in total. The Morgan fingerprint density at radius 2 is 1.69 bits per heavy atom. The van der Waals surface area contributed by atoms with E-state index in [1.54, 1.807) is 0 Å². The molecule has 4 rings (SSSR count). The molecule has 0 saturated carbocycles. The molecule has 1 aliphatic rings. The van der Waals surface area contributed by atoms with Crippen molar-refractivity contribution in [3.8, 4) is 0 Å². The lowest BCUT2D eigenvalue weighted by molar-refractivity contribution is 0.0273. The normalized spacial score (nSPS) is 21.2. The predicted molar refractivity (Wildman–Crippen MR) is 104 cm³/mol. The van der Waals surface area contributed by atoms with Crippen LogP contribution in [-0.2, 0) is 17.6 Å². The fourth-order valence-corrected chi connectivity index (χ4v) is 4.85. The SMILES string of the molecule is O=S([O-])CN1CCCCC1C(O)Cn1c2ccccc2c2ccccc21. The summed E-state index contributed by atoms with van der Waals surface area (Å²) < 4.78 is 24.5. The lowest BCUT2D eigenvalue weighted by Crippen LogP contribution is -2.49. The largest absolute Gasteiger partial charge is 0.771 e. The summed E-state index contributed by atoms with van der Waals surface area (Å²) in [5.41, 5.74) is 2.20. The molecule has 0 spiro atoms. The maximum absolute atomic E-state index is 11.2. The van der Waals surface area contributed by atoms with Crippen LogP contribution in [0.3, 0.4) is 0 Å². The number of aliphatic hydroxyl groups excluding tert-OH is 1. The summed E-state index contributed by atoms with van der Waals surface area (Å²) in [4.78, 5) is 1.91. The molecule has 0 bridgehead atoms. The topological polar surface area (TPSA) is 68.5 Å². The minimum absolute atomic E-state index is 0.00506. The maximum atomic E-state index is 11.2. The second-order valence-corrected chi connectivity index (χ2v) is 7.89. The first-order valence-corrected chi connectivity index (χ1v) is 10.3. The Kier molecular flexibility index (Phi) is 5.09. The molecule has 3 unspecified atom stereocenters. The van der Waals surface area contributed by atoms with Gasteiger partial charge in [0.25, 0.3) is 0 Å². The number of aliphatic hydroxyl groups is 1. The molecule has 1 saturated heterocycles. The lowest BCUT2D eigenvalue weighted by Gasteiger charge is -2.39. The van der Waals surface area contributed by atoms with Crippen LogP contribution in [0, 0.1) is 0 Å². The Labute approximate surface area is 155 Å². The molecule has 2 heterocycles. The van der Waals surface area contributed by atoms with E-state index in [4.69, 9.17) is 0 Å². The van der Waals surface area contributed by atoms with Gasteiger partial charge >= 0.3 is 0 Å². The number of piperidine rings is 1. The van der Waals surface area contributed by atoms with E-state index in [0.29, 0.717) is 6.54 Å². The number of rotatable bonds is 5. The molecule has 3 atom stereocenters. The van der Waals surface area contributed by atoms with Crippen LogP contribution in [0.25, 0.3) is 21.8 Å². The fraction of sp³-hybridized carbons (Fsp3) is 0.400. The van der Waals surface area contributed by atoms with Crippen LogP contribution < -0.4 is 0 Å². The van der Waals surface area contributed by atoms with Crippen molar-refractivity contribution in [2.24, 2.45) is 0 Å². The summed E-state index contributed by atoms with van der Waals surface area (Å²) in [7, 11) is 0. The Morgan fingerprint density at radius 3 is 2.31 bits per heavy atom. The van der Waals surface area contributed by atoms with Crippen LogP contribution in [0.5, 0.6) is 0 Å². The molecular weight excluding hydrogens is 348 g/mol. The zero-order valence-electron chi connectivity index (χ0n) is 14.6. The highest BCUT2D eigenvalue weighted by Gasteiger charge is 2.29. The molecule has 1 aromatic heterocycles. The molecule has 0 amide bonds. The Balaban J connectivity index is 1.68. The number of benzene rings is 2. The minimum Gasteiger partial charge on any atom is -0.771 e. The molecule has 138 valence electrons. The first kappa shape index (κ1) is 17.7. The highest BCUT2D eigenvalue weighted by Crippen LogP contribution is 2.30. The highest BCUT2D eigenvalue weighted by molar-refractivity contribution is 7.79. The van der Waals surface area contributed by atoms with Gasteiger partial charge in [-0.3, -0.25) is 9.11 Å². The fourth-order valence-electron chi connectivity index (χ4n) is 4.26. The molecule has 0 radical (unpaired) electrons. The van der Waals surface area contributed by atoms with Crippen molar-refractivity contribution in [3.05, 3.63) is 48.5 Å². The van der Waals surface area contributed by atoms with Gasteiger partial charge in [-0.1, -0.05) is 42.8 Å². The molecule has 1 fully saturated rings. The lowest BCUT2D eigenvalue weighted by atomic mass is 9.98. The van der Waals surface area contributed by atoms with Crippen LogP contribution in [0.4, 0.5) is 0 Å². The standard InChI is InChI=1S/C20H24N2O3S/c23-20(19-11-5-6-12-21(19)14-26(24)25)13-22-17-9-3-1-7-15(17)16-8-2-4-10-18(16)22/h1-4,7-10,19-20,23H,5-6,11-14H2,(H,24,25)/p-1. The van der Waals surface area contributed by atoms with Crippen molar-refractivity contribution in [2.45, 2.75) is 38.0 Å². The smallest absolute Gasteiger partial charge is 0.0874 e. The average Bonchev–Trinajstić information content (AvgIpc) is 2.96. The van der Waals surface area contributed by atoms with E-state index < -0.39 is 17.2 Å². The van der Waals surface area contributed by atoms with Crippen LogP contribution in [-0.4, -0.2) is 47.9 Å². The van der Waals surface area contributed by atoms with Gasteiger partial charge in [0.15, 0.2) is 0 Å². The van der Waals surface area contributed by atoms with Gasteiger partial charge in [-0.25, -0.2) is 0 Å². The summed E-state index contributed by atoms with van der Waals surface area (Å²) in [5, 5.41) is 13.3. The van der Waals surface area contributed by atoms with Gasteiger partial charge in [0, 0.05) is 27.8 Å². The number of fused-ring (bicyclic) bond motifs is 3. The van der Waals surface area contributed by atoms with Gasteiger partial charge in [0.1, 0.15) is 0 Å². The van der Waals surface area contributed by atoms with E-state index >= 15 is 0 Å². The summed E-state index contributed by atoms with van der Waals surface area (Å²) in [6.45, 7) is 1.18. The van der Waals surface area contributed by atoms with Crippen molar-refractivity contribution in [1.82, 2.24) is 9.47 Å². The average molecular weight is 371 g/mol. The summed E-state index contributed by atoms with van der Waals surface area (Å²) in [6, 6.07) is 16.3. The van der Waals surface area contributed by atoms with Gasteiger partial charge in [0.2, 0.25) is 0 Å². The summed E-state index contributed by atoms with van der Waals surface area (Å²) in [5.74, 6) is -0.00506. The molecule has 5 nitrogen and oxygen atoms in total. The zero-order valence-corrected chi connectivity index (χ0v) is 15.4. The Bertz CT molecular complexity index is 886. The first-order valence-electron chi connectivity index (χ1n) is 9.09. The molecule has 3 aromatic rings. The van der Waals surface area contributed by atoms with Crippen LogP contribution in [0.1, 0.15) is 19.3 Å². The minimum atomic E-state index is -2.13. The number of likely N-dealkylation sites (tertiary alicyclic amines) is 1. The Hall–Kier alpha value is -1.73. The molecule has 1 aliphatic heterocycles. The highest BCUT2D eigenvalue weighted by atomic mass is 32.2. The maximum Gasteiger partial charge on any atom is 0.0874 e. The number of aromatic nitrogens is 1. The number of hydrogen-bond donors (Lipinski definition) is 1. The van der Waals surface area contributed by atoms with Gasteiger partial charge in [-0.2, -0.15) is 0 Å². The Morgan fingerprint density at radius 1 is 1.08 bits per heavy atom. The second kappa shape index (κ2) is 7.48. The van der Waals surface area contributed by atoms with E-state index in [0.717, 1.165) is 36.8 Å². The van der Waals surface area contributed by atoms with Crippen molar-refractivity contribution in [1.29, 1.82) is 0 Å². The molecule has 26 heavy (non-hydrogen) atoms. The van der Waals surface area contributed by atoms with E-state index in [-0.39, 0.29) is 11.9 Å². The number of hydrogen-bond acceptors (Lipinski definition) is 4. The quantitative estimate of drug-likeness (QED) is 0.700. The van der Waals surface area contributed by atoms with E-state index in [2.05, 4.69) is 28.8 Å². The summed E-state index contributed by atoms with van der Waals surface area (Å²) in [6.07, 6.45) is 2.22. The first-order chi connectivity index (χ1) is 12.6. The van der Waals surface area contributed by atoms with E-state index in [1.165, 1.54) is 10.8 Å². The third-order valence-electron chi connectivity index (χ3n) is 5.43. The van der Waals surface area contributed by atoms with Crippen LogP contribution >= 0.6 is 0 Å². The zero-order chi connectivity index (χ0) is 18.1. The van der Waals surface area contributed by atoms with Gasteiger partial charge < -0.3 is 14.2 Å². The predicted octanol–water partition coefficient (Wildman–Crippen LogP) is 2.85. The van der Waals surface area contributed by atoms with Gasteiger partial charge in [-0.05, 0) is 42.6 Å². The van der Waals surface area contributed by atoms with Crippen molar-refractivity contribution in [2.75, 3.05) is 12.4 Å². The summed E-state index contributed by atoms with van der Waals surface area (Å²) >= 11 is -2.13. The third-order valence-corrected chi connectivity index (χ3v) is 5.97. The van der Waals surface area contributed by atoms with Gasteiger partial charge in [0.05, 0.1) is 18.5 Å².